The van der Waals surface area contributed by atoms with Gasteiger partial charge in [-0.25, -0.2) is 0 Å². The Balaban J connectivity index is 1.71. The number of hydrogen-bond donors (Lipinski definition) is 2. The molecule has 1 aliphatic heterocycles. The zero-order chi connectivity index (χ0) is 11.7. The largest absolute Gasteiger partial charge is 0.481 e. The van der Waals surface area contributed by atoms with Gasteiger partial charge in [0.2, 0.25) is 5.91 Å². The lowest BCUT2D eigenvalue weighted by atomic mass is 10.2. The standard InChI is InChI=1S/C11H18N2O3/c1-13-4-2-3-7(13)6-12-10(14)8-5-9(8)11(15)16/h7-9H,2-6H2,1H3,(H,12,14)(H,15,16). The molecule has 1 saturated carbocycles. The maximum Gasteiger partial charge on any atom is 0.307 e. The van der Waals surface area contributed by atoms with E-state index in [2.05, 4.69) is 17.3 Å². The Morgan fingerprint density at radius 1 is 1.44 bits per heavy atom. The fourth-order valence-corrected chi connectivity index (χ4v) is 2.34. The van der Waals surface area contributed by atoms with E-state index in [1.165, 1.54) is 6.42 Å². The number of likely N-dealkylation sites (N-methyl/N-ethyl adjacent to an activating group) is 1. The highest BCUT2D eigenvalue weighted by Crippen LogP contribution is 2.38. The van der Waals surface area contributed by atoms with Crippen molar-refractivity contribution in [1.29, 1.82) is 0 Å². The Hall–Kier alpha value is -1.10. The molecule has 0 radical (unpaired) electrons. The number of nitrogens with zero attached hydrogens (tertiary/aromatic N) is 1. The second-order valence-electron chi connectivity index (χ2n) is 4.81. The van der Waals surface area contributed by atoms with E-state index in [1.54, 1.807) is 0 Å². The smallest absolute Gasteiger partial charge is 0.307 e. The van der Waals surface area contributed by atoms with Crippen LogP contribution in [0, 0.1) is 11.8 Å². The molecule has 1 saturated heterocycles. The van der Waals surface area contributed by atoms with Crippen molar-refractivity contribution >= 4 is 11.9 Å². The van der Waals surface area contributed by atoms with Crippen molar-refractivity contribution in [3.63, 3.8) is 0 Å². The van der Waals surface area contributed by atoms with Gasteiger partial charge in [0.1, 0.15) is 0 Å². The van der Waals surface area contributed by atoms with Gasteiger partial charge in [-0.05, 0) is 32.9 Å². The molecule has 5 nitrogen and oxygen atoms in total. The molecule has 90 valence electrons. The first kappa shape index (κ1) is 11.4. The molecule has 1 heterocycles. The Kier molecular flexibility index (Phi) is 3.14. The maximum absolute atomic E-state index is 11.6. The SMILES string of the molecule is CN1CCCC1CNC(=O)C1CC1C(=O)O. The molecular formula is C11H18N2O3. The van der Waals surface area contributed by atoms with Crippen molar-refractivity contribution in [1.82, 2.24) is 10.2 Å². The van der Waals surface area contributed by atoms with Crippen molar-refractivity contribution in [3.05, 3.63) is 0 Å². The Morgan fingerprint density at radius 3 is 2.69 bits per heavy atom. The Labute approximate surface area is 94.8 Å². The zero-order valence-electron chi connectivity index (χ0n) is 9.48. The highest BCUT2D eigenvalue weighted by molar-refractivity contribution is 5.89. The van der Waals surface area contributed by atoms with Crippen LogP contribution in [0.5, 0.6) is 0 Å². The third-order valence-electron chi connectivity index (χ3n) is 3.63. The second-order valence-corrected chi connectivity index (χ2v) is 4.81. The quantitative estimate of drug-likeness (QED) is 0.703. The molecule has 2 rings (SSSR count). The van der Waals surface area contributed by atoms with Crippen LogP contribution in [0.1, 0.15) is 19.3 Å². The summed E-state index contributed by atoms with van der Waals surface area (Å²) < 4.78 is 0. The van der Waals surface area contributed by atoms with Gasteiger partial charge in [-0.2, -0.15) is 0 Å². The minimum atomic E-state index is -0.849. The third-order valence-corrected chi connectivity index (χ3v) is 3.63. The lowest BCUT2D eigenvalue weighted by Crippen LogP contribution is -2.39. The van der Waals surface area contributed by atoms with Crippen LogP contribution in [0.2, 0.25) is 0 Å². The number of amides is 1. The molecule has 2 fully saturated rings. The highest BCUT2D eigenvalue weighted by atomic mass is 16.4. The fraction of sp³-hybridized carbons (Fsp3) is 0.818. The molecule has 0 bridgehead atoms. The molecule has 16 heavy (non-hydrogen) atoms. The van der Waals surface area contributed by atoms with Crippen LogP contribution in [-0.2, 0) is 9.59 Å². The molecule has 0 aromatic carbocycles. The lowest BCUT2D eigenvalue weighted by molar-refractivity contribution is -0.140. The number of likely N-dealkylation sites (tertiary alicyclic amines) is 1. The van der Waals surface area contributed by atoms with Crippen molar-refractivity contribution < 1.29 is 14.7 Å². The Morgan fingerprint density at radius 2 is 2.19 bits per heavy atom. The number of carbonyl (C=O) groups excluding carboxylic acids is 1. The van der Waals surface area contributed by atoms with Gasteiger partial charge in [-0.3, -0.25) is 9.59 Å². The summed E-state index contributed by atoms with van der Waals surface area (Å²) in [6.45, 7) is 1.74. The van der Waals surface area contributed by atoms with Gasteiger partial charge in [0.15, 0.2) is 0 Å². The van der Waals surface area contributed by atoms with E-state index >= 15 is 0 Å². The number of rotatable bonds is 4. The summed E-state index contributed by atoms with van der Waals surface area (Å²) in [5.74, 6) is -1.67. The maximum atomic E-state index is 11.6. The van der Waals surface area contributed by atoms with E-state index in [0.29, 0.717) is 19.0 Å². The van der Waals surface area contributed by atoms with Gasteiger partial charge in [-0.1, -0.05) is 0 Å². The van der Waals surface area contributed by atoms with E-state index < -0.39 is 11.9 Å². The number of carboxylic acid groups (broad SMARTS) is 1. The minimum absolute atomic E-state index is 0.0901. The summed E-state index contributed by atoms with van der Waals surface area (Å²) in [6.07, 6.45) is 2.80. The molecule has 3 atom stereocenters. The van der Waals surface area contributed by atoms with E-state index in [0.717, 1.165) is 13.0 Å². The monoisotopic (exact) mass is 226 g/mol. The molecule has 2 N–H and O–H groups in total. The molecule has 0 aromatic heterocycles. The molecule has 0 aromatic rings. The number of hydrogen-bond acceptors (Lipinski definition) is 3. The summed E-state index contributed by atoms with van der Waals surface area (Å²) in [5, 5.41) is 11.6. The third kappa shape index (κ3) is 2.35. The van der Waals surface area contributed by atoms with Crippen LogP contribution >= 0.6 is 0 Å². The fourth-order valence-electron chi connectivity index (χ4n) is 2.34. The van der Waals surface area contributed by atoms with Crippen molar-refractivity contribution in [3.8, 4) is 0 Å². The van der Waals surface area contributed by atoms with Gasteiger partial charge >= 0.3 is 5.97 Å². The van der Waals surface area contributed by atoms with Gasteiger partial charge in [-0.15, -0.1) is 0 Å². The average molecular weight is 226 g/mol. The van der Waals surface area contributed by atoms with Crippen LogP contribution in [0.4, 0.5) is 0 Å². The molecule has 3 unspecified atom stereocenters. The molecule has 0 spiro atoms. The number of aliphatic carboxylic acids is 1. The van der Waals surface area contributed by atoms with Crippen LogP contribution in [-0.4, -0.2) is 48.1 Å². The average Bonchev–Trinajstić information content (AvgIpc) is 2.94. The molecule has 2 aliphatic rings. The van der Waals surface area contributed by atoms with Gasteiger partial charge < -0.3 is 15.3 Å². The van der Waals surface area contributed by atoms with Gasteiger partial charge in [0, 0.05) is 12.6 Å². The van der Waals surface area contributed by atoms with E-state index in [-0.39, 0.29) is 11.8 Å². The van der Waals surface area contributed by atoms with Gasteiger partial charge in [0.05, 0.1) is 11.8 Å². The van der Waals surface area contributed by atoms with E-state index in [4.69, 9.17) is 5.11 Å². The van der Waals surface area contributed by atoms with Crippen molar-refractivity contribution in [2.24, 2.45) is 11.8 Å². The topological polar surface area (TPSA) is 69.6 Å². The predicted molar refractivity (Wildman–Crippen MR) is 57.9 cm³/mol. The summed E-state index contributed by atoms with van der Waals surface area (Å²) in [4.78, 5) is 24.4. The second kappa shape index (κ2) is 4.41. The summed E-state index contributed by atoms with van der Waals surface area (Å²) in [6, 6.07) is 0.422. The van der Waals surface area contributed by atoms with Crippen LogP contribution < -0.4 is 5.32 Å². The first-order chi connectivity index (χ1) is 7.59. The first-order valence-corrected chi connectivity index (χ1v) is 5.80. The lowest BCUT2D eigenvalue weighted by Gasteiger charge is -2.19. The molecular weight excluding hydrogens is 208 g/mol. The minimum Gasteiger partial charge on any atom is -0.481 e. The Bertz CT molecular complexity index is 306. The number of carbonyl (C=O) groups is 2. The van der Waals surface area contributed by atoms with Crippen LogP contribution in [0.3, 0.4) is 0 Å². The molecule has 5 heteroatoms. The van der Waals surface area contributed by atoms with Crippen LogP contribution in [0.25, 0.3) is 0 Å². The first-order valence-electron chi connectivity index (χ1n) is 5.80. The number of carboxylic acids is 1. The van der Waals surface area contributed by atoms with Crippen molar-refractivity contribution in [2.75, 3.05) is 20.1 Å². The van der Waals surface area contributed by atoms with E-state index in [9.17, 15) is 9.59 Å². The molecule has 1 amide bonds. The summed E-state index contributed by atoms with van der Waals surface area (Å²) in [5.41, 5.74) is 0. The molecule has 1 aliphatic carbocycles. The van der Waals surface area contributed by atoms with Gasteiger partial charge in [0.25, 0.3) is 0 Å². The predicted octanol–water partition coefficient (Wildman–Crippen LogP) is -0.0825. The highest BCUT2D eigenvalue weighted by Gasteiger charge is 2.48. The number of nitrogens with one attached hydrogen (secondary N) is 1. The normalized spacial score (nSPS) is 33.7. The van der Waals surface area contributed by atoms with E-state index in [1.807, 2.05) is 0 Å². The van der Waals surface area contributed by atoms with Crippen LogP contribution in [0.15, 0.2) is 0 Å². The zero-order valence-corrected chi connectivity index (χ0v) is 9.48. The summed E-state index contributed by atoms with van der Waals surface area (Å²) >= 11 is 0. The summed E-state index contributed by atoms with van der Waals surface area (Å²) in [7, 11) is 2.06. The van der Waals surface area contributed by atoms with Crippen molar-refractivity contribution in [2.45, 2.75) is 25.3 Å².